The third-order valence-corrected chi connectivity index (χ3v) is 11.0. The molecule has 0 aliphatic heterocycles. The van der Waals surface area contributed by atoms with Crippen LogP contribution in [0.4, 0.5) is 0 Å². The van der Waals surface area contributed by atoms with Gasteiger partial charge < -0.3 is 4.43 Å². The molecular formula is C24H32Co2O7Si. The Balaban J connectivity index is -0.0000000700. The summed E-state index contributed by atoms with van der Waals surface area (Å²) in [6, 6.07) is 0. The minimum absolute atomic E-state index is 0. The molecule has 1 aliphatic rings. The van der Waals surface area contributed by atoms with Gasteiger partial charge in [-0.25, -0.2) is 0 Å². The van der Waals surface area contributed by atoms with Crippen LogP contribution in [0.15, 0.2) is 12.2 Å². The van der Waals surface area contributed by atoms with E-state index in [0.717, 1.165) is 18.4 Å². The van der Waals surface area contributed by atoms with Crippen molar-refractivity contribution in [3.05, 3.63) is 52.1 Å². The smallest absolute Gasteiger partial charge is 0 e. The van der Waals surface area contributed by atoms with Gasteiger partial charge in [-0.1, -0.05) is 66.9 Å². The molecule has 0 fully saturated rings. The van der Waals surface area contributed by atoms with Crippen molar-refractivity contribution in [1.82, 2.24) is 0 Å². The molecule has 7 nitrogen and oxygen atoms in total. The summed E-state index contributed by atoms with van der Waals surface area (Å²) in [5.74, 6) is 6.91. The van der Waals surface area contributed by atoms with E-state index < -0.39 is 8.32 Å². The third-order valence-electron chi connectivity index (χ3n) is 4.83. The van der Waals surface area contributed by atoms with Crippen LogP contribution in [0.25, 0.3) is 0 Å². The quantitative estimate of drug-likeness (QED) is 0.186. The van der Waals surface area contributed by atoms with E-state index in [1.54, 1.807) is 0 Å². The molecular weight excluding hydrogens is 546 g/mol. The molecule has 2 atom stereocenters. The molecule has 10 heteroatoms. The zero-order valence-corrected chi connectivity index (χ0v) is 23.6. The van der Waals surface area contributed by atoms with Crippen LogP contribution in [0.1, 0.15) is 61.3 Å². The predicted octanol–water partition coefficient (Wildman–Crippen LogP) is 5.31. The summed E-state index contributed by atoms with van der Waals surface area (Å²) in [6.07, 6.45) is 2.13. The van der Waals surface area contributed by atoms with Crippen molar-refractivity contribution in [2.24, 2.45) is 5.92 Å². The van der Waals surface area contributed by atoms with Crippen LogP contribution in [0.2, 0.25) is 16.6 Å². The van der Waals surface area contributed by atoms with Gasteiger partial charge in [0, 0.05) is 46.4 Å². The van der Waals surface area contributed by atoms with Crippen molar-refractivity contribution in [3.63, 3.8) is 0 Å². The van der Waals surface area contributed by atoms with Gasteiger partial charge >= 0.3 is 67.8 Å². The van der Waals surface area contributed by atoms with Gasteiger partial charge in [0.2, 0.25) is 8.32 Å². The molecule has 192 valence electrons. The second-order valence-electron chi connectivity index (χ2n) is 7.26. The van der Waals surface area contributed by atoms with E-state index in [9.17, 15) is 0 Å². The molecule has 0 amide bonds. The molecule has 0 saturated heterocycles. The van der Waals surface area contributed by atoms with Gasteiger partial charge in [-0.3, -0.25) is 0 Å². The minimum Gasteiger partial charge on any atom is 0 e. The van der Waals surface area contributed by atoms with E-state index >= 15 is 0 Å². The van der Waals surface area contributed by atoms with E-state index in [1.165, 1.54) is 0 Å². The predicted molar refractivity (Wildman–Crippen MR) is 115 cm³/mol. The summed E-state index contributed by atoms with van der Waals surface area (Å²) >= 11 is 0. The first-order valence-corrected chi connectivity index (χ1v) is 11.4. The van der Waals surface area contributed by atoms with Gasteiger partial charge in [-0.15, -0.1) is 0 Å². The van der Waals surface area contributed by atoms with Crippen molar-refractivity contribution in [1.29, 1.82) is 0 Å². The van der Waals surface area contributed by atoms with Crippen LogP contribution in [0, 0.1) is 57.7 Å². The fraction of sp³-hybridized carbons (Fsp3) is 0.583. The molecule has 0 aromatic heterocycles. The first-order chi connectivity index (χ1) is 15.2. The molecule has 0 N–H and O–H groups in total. The van der Waals surface area contributed by atoms with E-state index in [4.69, 9.17) is 32.3 Å². The van der Waals surface area contributed by atoms with Crippen molar-refractivity contribution < 1.29 is 65.9 Å². The Hall–Kier alpha value is -1.07. The molecule has 0 spiro atoms. The summed E-state index contributed by atoms with van der Waals surface area (Å²) in [6.45, 7) is 47.4. The second-order valence-corrected chi connectivity index (χ2v) is 12.7. The Bertz CT molecular complexity index is 583. The Labute approximate surface area is 227 Å². The van der Waals surface area contributed by atoms with E-state index in [0.29, 0.717) is 22.5 Å². The van der Waals surface area contributed by atoms with Crippen LogP contribution in [-0.4, -0.2) is 14.4 Å². The molecule has 0 aromatic rings. The molecule has 0 bridgehead atoms. The molecule has 0 unspecified atom stereocenters. The molecule has 2 radical (unpaired) electrons. The Kier molecular flexibility index (Phi) is 62.2. The monoisotopic (exact) mass is 578 g/mol. The zero-order chi connectivity index (χ0) is 27.5. The van der Waals surface area contributed by atoms with Crippen LogP contribution in [0.3, 0.4) is 0 Å². The topological polar surface area (TPSA) is 129 Å². The maximum Gasteiger partial charge on any atom is 0 e. The Morgan fingerprint density at radius 3 is 1.32 bits per heavy atom. The summed E-state index contributed by atoms with van der Waals surface area (Å²) in [5, 5.41) is 0. The van der Waals surface area contributed by atoms with Crippen LogP contribution in [-0.2, 0) is 65.9 Å². The first-order valence-electron chi connectivity index (χ1n) is 9.28. The van der Waals surface area contributed by atoms with Gasteiger partial charge in [-0.2, -0.15) is 0 Å². The molecule has 0 saturated carbocycles. The largest absolute Gasteiger partial charge is 0 e. The Morgan fingerprint density at radius 2 is 1.06 bits per heavy atom. The fourth-order valence-corrected chi connectivity index (χ4v) is 9.45. The standard InChI is InChI=1S/C18H32OSi.6CO.2Co/c1-13(2)20(14(3)4,15(5)6)19-18-12-16(7)10-9-11-17(18)8;6*1-2;;/h13-15,17-18H,7,11-12H2,1-6,8H3;;;;;;;;/t17-,18+;;;;;;;;/m1......../s1. The number of hydrogen-bond donors (Lipinski definition) is 0. The van der Waals surface area contributed by atoms with Crippen molar-refractivity contribution in [2.75, 3.05) is 0 Å². The maximum atomic E-state index is 7.50. The van der Waals surface area contributed by atoms with E-state index in [2.05, 4.69) is 107 Å². The SMILES string of the molecule is C=C1C#CC[C@@H](C)[C@@H](O[Si](C(C)C)(C(C)C)C(C)C)C1.[C-]#[O+].[C-]#[O+].[C-]#[O+].[C-]#[O+].[C-]#[O+].[C-]#[O+].[Co].[Co]. The first kappa shape index (κ1) is 54.0. The molecule has 34 heavy (non-hydrogen) atoms. The van der Waals surface area contributed by atoms with E-state index in [-0.39, 0.29) is 39.7 Å². The average molecular weight is 578 g/mol. The molecule has 0 aromatic carbocycles. The average Bonchev–Trinajstić information content (AvgIpc) is 2.99. The summed E-state index contributed by atoms with van der Waals surface area (Å²) < 4.78 is 51.9. The van der Waals surface area contributed by atoms with Gasteiger partial charge in [0.05, 0.1) is 6.10 Å². The molecule has 1 aliphatic carbocycles. The minimum atomic E-state index is -1.81. The van der Waals surface area contributed by atoms with Crippen LogP contribution >= 0.6 is 0 Å². The van der Waals surface area contributed by atoms with Crippen LogP contribution in [0.5, 0.6) is 0 Å². The van der Waals surface area contributed by atoms with Crippen molar-refractivity contribution in [2.45, 2.75) is 84.0 Å². The summed E-state index contributed by atoms with van der Waals surface area (Å²) in [4.78, 5) is 0. The van der Waals surface area contributed by atoms with Crippen molar-refractivity contribution >= 4 is 8.32 Å². The van der Waals surface area contributed by atoms with Gasteiger partial charge in [0.15, 0.2) is 0 Å². The maximum absolute atomic E-state index is 7.50. The van der Waals surface area contributed by atoms with E-state index in [1.807, 2.05) is 0 Å². The normalized spacial score (nSPS) is 14.5. The van der Waals surface area contributed by atoms with Crippen molar-refractivity contribution in [3.8, 4) is 11.8 Å². The molecule has 0 heterocycles. The van der Waals surface area contributed by atoms with Crippen LogP contribution < -0.4 is 0 Å². The fourth-order valence-electron chi connectivity index (χ4n) is 3.79. The summed E-state index contributed by atoms with van der Waals surface area (Å²) in [5.41, 5.74) is 2.94. The van der Waals surface area contributed by atoms with Gasteiger partial charge in [-0.05, 0) is 28.1 Å². The number of rotatable bonds is 5. The second kappa shape index (κ2) is 39.2. The third kappa shape index (κ3) is 21.5. The zero-order valence-electron chi connectivity index (χ0n) is 20.5. The van der Waals surface area contributed by atoms with Gasteiger partial charge in [0.25, 0.3) is 0 Å². The number of hydrogen-bond acceptors (Lipinski definition) is 1. The summed E-state index contributed by atoms with van der Waals surface area (Å²) in [7, 11) is -1.81. The van der Waals surface area contributed by atoms with Gasteiger partial charge in [0.1, 0.15) is 0 Å². The molecule has 1 rings (SSSR count). The Morgan fingerprint density at radius 1 is 0.765 bits per heavy atom.